The minimum absolute atomic E-state index is 0.145. The van der Waals surface area contributed by atoms with E-state index in [-0.39, 0.29) is 11.9 Å². The summed E-state index contributed by atoms with van der Waals surface area (Å²) in [4.78, 5) is 0. The SMILES string of the molecule is CNC(c1ccc2c(c1)OCCO2)c1ccc(F)cc1Cl. The summed E-state index contributed by atoms with van der Waals surface area (Å²) in [5.41, 5.74) is 1.80. The topological polar surface area (TPSA) is 30.5 Å². The smallest absolute Gasteiger partial charge is 0.161 e. The van der Waals surface area contributed by atoms with Crippen LogP contribution in [0.5, 0.6) is 11.5 Å². The van der Waals surface area contributed by atoms with Crippen LogP contribution in [0.4, 0.5) is 4.39 Å². The van der Waals surface area contributed by atoms with Crippen LogP contribution in [0.1, 0.15) is 17.2 Å². The largest absolute Gasteiger partial charge is 0.486 e. The van der Waals surface area contributed by atoms with Gasteiger partial charge in [-0.25, -0.2) is 4.39 Å². The van der Waals surface area contributed by atoms with Crippen molar-refractivity contribution >= 4 is 11.6 Å². The van der Waals surface area contributed by atoms with Gasteiger partial charge in [-0.3, -0.25) is 0 Å². The van der Waals surface area contributed by atoms with Crippen LogP contribution in [0, 0.1) is 5.82 Å². The minimum atomic E-state index is -0.347. The molecule has 1 aliphatic rings. The Bertz CT molecular complexity index is 663. The van der Waals surface area contributed by atoms with Gasteiger partial charge in [0.1, 0.15) is 19.0 Å². The molecule has 2 aromatic carbocycles. The van der Waals surface area contributed by atoms with Gasteiger partial charge in [0.2, 0.25) is 0 Å². The third-order valence-corrected chi connectivity index (χ3v) is 3.79. The zero-order valence-electron chi connectivity index (χ0n) is 11.5. The molecule has 2 aromatic rings. The highest BCUT2D eigenvalue weighted by Gasteiger charge is 2.19. The normalized spacial score (nSPS) is 14.8. The summed E-state index contributed by atoms with van der Waals surface area (Å²) in [6.07, 6.45) is 0. The van der Waals surface area contributed by atoms with Gasteiger partial charge >= 0.3 is 0 Å². The Morgan fingerprint density at radius 3 is 2.57 bits per heavy atom. The van der Waals surface area contributed by atoms with Gasteiger partial charge < -0.3 is 14.8 Å². The van der Waals surface area contributed by atoms with Gasteiger partial charge in [0, 0.05) is 5.02 Å². The zero-order chi connectivity index (χ0) is 14.8. The van der Waals surface area contributed by atoms with E-state index in [2.05, 4.69) is 5.32 Å². The van der Waals surface area contributed by atoms with E-state index in [0.717, 1.165) is 22.6 Å². The second-order valence-electron chi connectivity index (χ2n) is 4.79. The van der Waals surface area contributed by atoms with Gasteiger partial charge in [0.05, 0.1) is 6.04 Å². The highest BCUT2D eigenvalue weighted by Crippen LogP contribution is 2.35. The molecule has 3 nitrogen and oxygen atoms in total. The van der Waals surface area contributed by atoms with Gasteiger partial charge in [-0.2, -0.15) is 0 Å². The number of halogens is 2. The third-order valence-electron chi connectivity index (χ3n) is 3.46. The van der Waals surface area contributed by atoms with Gasteiger partial charge in [0.15, 0.2) is 11.5 Å². The Hall–Kier alpha value is -1.78. The first kappa shape index (κ1) is 14.2. The molecule has 21 heavy (non-hydrogen) atoms. The molecule has 5 heteroatoms. The molecule has 1 aliphatic heterocycles. The quantitative estimate of drug-likeness (QED) is 0.940. The number of hydrogen-bond acceptors (Lipinski definition) is 3. The number of ether oxygens (including phenoxy) is 2. The van der Waals surface area contributed by atoms with Gasteiger partial charge in [0.25, 0.3) is 0 Å². The molecule has 3 rings (SSSR count). The van der Waals surface area contributed by atoms with Crippen molar-refractivity contribution in [3.05, 3.63) is 58.4 Å². The molecule has 1 unspecified atom stereocenters. The zero-order valence-corrected chi connectivity index (χ0v) is 12.3. The predicted octanol–water partition coefficient (Wildman–Crippen LogP) is 3.56. The van der Waals surface area contributed by atoms with E-state index in [4.69, 9.17) is 21.1 Å². The molecule has 0 amide bonds. The lowest BCUT2D eigenvalue weighted by Crippen LogP contribution is -2.20. The lowest BCUT2D eigenvalue weighted by atomic mass is 9.98. The molecule has 1 heterocycles. The van der Waals surface area contributed by atoms with E-state index in [0.29, 0.717) is 18.2 Å². The molecule has 0 fully saturated rings. The highest BCUT2D eigenvalue weighted by molar-refractivity contribution is 6.31. The van der Waals surface area contributed by atoms with E-state index in [1.807, 2.05) is 25.2 Å². The maximum Gasteiger partial charge on any atom is 0.161 e. The average Bonchev–Trinajstić information content (AvgIpc) is 2.50. The van der Waals surface area contributed by atoms with Crippen molar-refractivity contribution in [3.63, 3.8) is 0 Å². The molecule has 0 bridgehead atoms. The number of nitrogens with one attached hydrogen (secondary N) is 1. The summed E-state index contributed by atoms with van der Waals surface area (Å²) < 4.78 is 24.3. The van der Waals surface area contributed by atoms with E-state index in [1.54, 1.807) is 6.07 Å². The van der Waals surface area contributed by atoms with E-state index < -0.39 is 0 Å². The Morgan fingerprint density at radius 2 is 1.86 bits per heavy atom. The van der Waals surface area contributed by atoms with Gasteiger partial charge in [-0.15, -0.1) is 0 Å². The number of fused-ring (bicyclic) bond motifs is 1. The molecule has 0 radical (unpaired) electrons. The molecule has 0 aliphatic carbocycles. The molecule has 0 aromatic heterocycles. The van der Waals surface area contributed by atoms with E-state index in [9.17, 15) is 4.39 Å². The molecular formula is C16H15ClFNO2. The standard InChI is InChI=1S/C16H15ClFNO2/c1-19-16(12-4-3-11(18)9-13(12)17)10-2-5-14-15(8-10)21-7-6-20-14/h2-5,8-9,16,19H,6-7H2,1H3. The van der Waals surface area contributed by atoms with Gasteiger partial charge in [-0.05, 0) is 42.4 Å². The fraction of sp³-hybridized carbons (Fsp3) is 0.250. The average molecular weight is 308 g/mol. The highest BCUT2D eigenvalue weighted by atomic mass is 35.5. The van der Waals surface area contributed by atoms with Crippen molar-refractivity contribution in [2.45, 2.75) is 6.04 Å². The maximum atomic E-state index is 13.2. The van der Waals surface area contributed by atoms with Crippen molar-refractivity contribution in [1.29, 1.82) is 0 Å². The predicted molar refractivity (Wildman–Crippen MR) is 79.7 cm³/mol. The third kappa shape index (κ3) is 2.82. The Kier molecular flexibility index (Phi) is 3.99. The summed E-state index contributed by atoms with van der Waals surface area (Å²) >= 11 is 6.16. The number of rotatable bonds is 3. The lowest BCUT2D eigenvalue weighted by molar-refractivity contribution is 0.171. The van der Waals surface area contributed by atoms with Gasteiger partial charge in [-0.1, -0.05) is 23.7 Å². The first-order chi connectivity index (χ1) is 10.2. The molecule has 0 spiro atoms. The van der Waals surface area contributed by atoms with Crippen LogP contribution in [-0.2, 0) is 0 Å². The van der Waals surface area contributed by atoms with Crippen molar-refractivity contribution in [1.82, 2.24) is 5.32 Å². The second kappa shape index (κ2) is 5.92. The summed E-state index contributed by atoms with van der Waals surface area (Å²) in [7, 11) is 1.83. The van der Waals surface area contributed by atoms with Crippen LogP contribution in [0.2, 0.25) is 5.02 Å². The van der Waals surface area contributed by atoms with Crippen LogP contribution in [0.3, 0.4) is 0 Å². The minimum Gasteiger partial charge on any atom is -0.486 e. The summed E-state index contributed by atoms with van der Waals surface area (Å²) in [6.45, 7) is 1.10. The molecule has 1 atom stereocenters. The fourth-order valence-corrected chi connectivity index (χ4v) is 2.75. The first-order valence-corrected chi connectivity index (χ1v) is 7.08. The van der Waals surface area contributed by atoms with Crippen LogP contribution < -0.4 is 14.8 Å². The molecular weight excluding hydrogens is 293 g/mol. The van der Waals surface area contributed by atoms with Crippen molar-refractivity contribution in [3.8, 4) is 11.5 Å². The number of hydrogen-bond donors (Lipinski definition) is 1. The maximum absolute atomic E-state index is 13.2. The van der Waals surface area contributed by atoms with Crippen LogP contribution >= 0.6 is 11.6 Å². The number of benzene rings is 2. The Balaban J connectivity index is 1.99. The van der Waals surface area contributed by atoms with Crippen LogP contribution in [0.15, 0.2) is 36.4 Å². The van der Waals surface area contributed by atoms with Crippen molar-refractivity contribution < 1.29 is 13.9 Å². The Morgan fingerprint density at radius 1 is 1.10 bits per heavy atom. The molecule has 0 saturated carbocycles. The fourth-order valence-electron chi connectivity index (χ4n) is 2.48. The van der Waals surface area contributed by atoms with Crippen molar-refractivity contribution in [2.75, 3.05) is 20.3 Å². The van der Waals surface area contributed by atoms with Crippen molar-refractivity contribution in [2.24, 2.45) is 0 Å². The van der Waals surface area contributed by atoms with E-state index >= 15 is 0 Å². The first-order valence-electron chi connectivity index (χ1n) is 6.71. The summed E-state index contributed by atoms with van der Waals surface area (Å²) in [5.74, 6) is 1.11. The van der Waals surface area contributed by atoms with Crippen LogP contribution in [0.25, 0.3) is 0 Å². The lowest BCUT2D eigenvalue weighted by Gasteiger charge is -2.23. The van der Waals surface area contributed by atoms with Crippen LogP contribution in [-0.4, -0.2) is 20.3 Å². The molecule has 0 saturated heterocycles. The second-order valence-corrected chi connectivity index (χ2v) is 5.20. The Labute approximate surface area is 127 Å². The van der Waals surface area contributed by atoms with E-state index in [1.165, 1.54) is 12.1 Å². The molecule has 1 N–H and O–H groups in total. The monoisotopic (exact) mass is 307 g/mol. The molecule has 110 valence electrons. The summed E-state index contributed by atoms with van der Waals surface area (Å²) in [5, 5.41) is 3.59. The summed E-state index contributed by atoms with van der Waals surface area (Å²) in [6, 6.07) is 10.0.